The summed E-state index contributed by atoms with van der Waals surface area (Å²) in [5.41, 5.74) is 2.71. The Morgan fingerprint density at radius 1 is 1.37 bits per heavy atom. The third kappa shape index (κ3) is 2.51. The molecule has 1 aliphatic rings. The number of rotatable bonds is 4. The van der Waals surface area contributed by atoms with E-state index in [2.05, 4.69) is 34.7 Å². The fourth-order valence-electron chi connectivity index (χ4n) is 2.45. The highest BCUT2D eigenvalue weighted by molar-refractivity contribution is 5.85. The Balaban J connectivity index is 1.58. The predicted octanol–water partition coefficient (Wildman–Crippen LogP) is 1.63. The molecule has 0 spiro atoms. The van der Waals surface area contributed by atoms with Crippen LogP contribution in [0.25, 0.3) is 0 Å². The van der Waals surface area contributed by atoms with E-state index in [-0.39, 0.29) is 5.69 Å². The van der Waals surface area contributed by atoms with E-state index in [1.807, 2.05) is 0 Å². The fraction of sp³-hybridized carbons (Fsp3) is 0.286. The summed E-state index contributed by atoms with van der Waals surface area (Å²) in [7, 11) is 0. The van der Waals surface area contributed by atoms with Crippen molar-refractivity contribution in [1.29, 1.82) is 0 Å². The highest BCUT2D eigenvalue weighted by atomic mass is 16.5. The Morgan fingerprint density at radius 3 is 2.63 bits per heavy atom. The average molecular weight is 258 g/mol. The molecule has 1 heterocycles. The van der Waals surface area contributed by atoms with Gasteiger partial charge in [-0.1, -0.05) is 29.4 Å². The van der Waals surface area contributed by atoms with E-state index in [1.54, 1.807) is 0 Å². The van der Waals surface area contributed by atoms with Crippen LogP contribution in [0.15, 0.2) is 34.9 Å². The van der Waals surface area contributed by atoms with Gasteiger partial charge in [-0.3, -0.25) is 0 Å². The lowest BCUT2D eigenvalue weighted by molar-refractivity contribution is 0.0685. The van der Waals surface area contributed by atoms with Gasteiger partial charge in [0.25, 0.3) is 0 Å². The van der Waals surface area contributed by atoms with Gasteiger partial charge in [0.05, 0.1) is 6.54 Å². The number of benzene rings is 1. The van der Waals surface area contributed by atoms with Crippen molar-refractivity contribution in [2.75, 3.05) is 0 Å². The van der Waals surface area contributed by atoms with Crippen LogP contribution in [0, 0.1) is 0 Å². The summed E-state index contributed by atoms with van der Waals surface area (Å²) < 4.78 is 4.97. The van der Waals surface area contributed by atoms with Crippen molar-refractivity contribution >= 4 is 5.97 Å². The minimum absolute atomic E-state index is 0.0495. The van der Waals surface area contributed by atoms with E-state index < -0.39 is 5.97 Å². The van der Waals surface area contributed by atoms with Crippen LogP contribution in [0.1, 0.15) is 27.4 Å². The predicted molar refractivity (Wildman–Crippen MR) is 67.9 cm³/mol. The van der Waals surface area contributed by atoms with E-state index in [9.17, 15) is 4.79 Å². The zero-order valence-electron chi connectivity index (χ0n) is 10.3. The van der Waals surface area contributed by atoms with Crippen LogP contribution in [-0.2, 0) is 19.4 Å². The van der Waals surface area contributed by atoms with Gasteiger partial charge in [0.15, 0.2) is 11.5 Å². The van der Waals surface area contributed by atoms with E-state index in [1.165, 1.54) is 17.2 Å². The Hall–Kier alpha value is -2.14. The molecule has 5 nitrogen and oxygen atoms in total. The maximum absolute atomic E-state index is 10.7. The van der Waals surface area contributed by atoms with Crippen LogP contribution < -0.4 is 5.32 Å². The van der Waals surface area contributed by atoms with Gasteiger partial charge < -0.3 is 14.9 Å². The monoisotopic (exact) mass is 258 g/mol. The molecule has 0 saturated heterocycles. The van der Waals surface area contributed by atoms with Crippen LogP contribution in [0.2, 0.25) is 0 Å². The molecule has 0 atom stereocenters. The van der Waals surface area contributed by atoms with Gasteiger partial charge in [-0.15, -0.1) is 0 Å². The number of hydrogen-bond acceptors (Lipinski definition) is 4. The van der Waals surface area contributed by atoms with Crippen LogP contribution in [0.3, 0.4) is 0 Å². The van der Waals surface area contributed by atoms with Crippen LogP contribution in [-0.4, -0.2) is 22.3 Å². The molecule has 98 valence electrons. The Kier molecular flexibility index (Phi) is 3.05. The highest BCUT2D eigenvalue weighted by Gasteiger charge is 2.21. The van der Waals surface area contributed by atoms with Gasteiger partial charge in [-0.2, -0.15) is 0 Å². The van der Waals surface area contributed by atoms with Crippen molar-refractivity contribution in [2.45, 2.75) is 25.4 Å². The van der Waals surface area contributed by atoms with Gasteiger partial charge in [-0.25, -0.2) is 4.79 Å². The summed E-state index contributed by atoms with van der Waals surface area (Å²) in [4.78, 5) is 10.7. The first-order valence-electron chi connectivity index (χ1n) is 6.21. The lowest BCUT2D eigenvalue weighted by Crippen LogP contribution is -2.28. The van der Waals surface area contributed by atoms with Gasteiger partial charge in [0.2, 0.25) is 0 Å². The Bertz CT molecular complexity index is 581. The molecule has 0 aliphatic heterocycles. The first-order chi connectivity index (χ1) is 9.22. The number of nitrogens with one attached hydrogen (secondary N) is 1. The molecule has 3 rings (SSSR count). The lowest BCUT2D eigenvalue weighted by Gasteiger charge is -2.09. The van der Waals surface area contributed by atoms with E-state index >= 15 is 0 Å². The van der Waals surface area contributed by atoms with Gasteiger partial charge in [0, 0.05) is 12.1 Å². The molecule has 0 radical (unpaired) electrons. The molecular weight excluding hydrogens is 244 g/mol. The molecule has 2 N–H and O–H groups in total. The number of carboxylic acids is 1. The SMILES string of the molecule is O=C(O)c1cc(CNC2Cc3ccccc3C2)on1. The Labute approximate surface area is 110 Å². The lowest BCUT2D eigenvalue weighted by atomic mass is 10.1. The zero-order chi connectivity index (χ0) is 13.2. The van der Waals surface area contributed by atoms with Gasteiger partial charge in [-0.05, 0) is 24.0 Å². The number of aromatic nitrogens is 1. The van der Waals surface area contributed by atoms with E-state index in [0.717, 1.165) is 12.8 Å². The largest absolute Gasteiger partial charge is 0.476 e. The molecule has 19 heavy (non-hydrogen) atoms. The molecule has 0 unspecified atom stereocenters. The maximum Gasteiger partial charge on any atom is 0.358 e. The molecule has 0 amide bonds. The minimum Gasteiger partial charge on any atom is -0.476 e. The van der Waals surface area contributed by atoms with Crippen LogP contribution in [0.4, 0.5) is 0 Å². The number of aromatic carboxylic acids is 1. The molecule has 5 heteroatoms. The molecule has 0 saturated carbocycles. The second-order valence-electron chi connectivity index (χ2n) is 4.74. The third-order valence-electron chi connectivity index (χ3n) is 3.39. The van der Waals surface area contributed by atoms with E-state index in [4.69, 9.17) is 9.63 Å². The molecule has 1 aromatic heterocycles. The van der Waals surface area contributed by atoms with Crippen molar-refractivity contribution < 1.29 is 14.4 Å². The smallest absolute Gasteiger partial charge is 0.358 e. The normalized spacial score (nSPS) is 14.5. The minimum atomic E-state index is -1.07. The number of hydrogen-bond donors (Lipinski definition) is 2. The van der Waals surface area contributed by atoms with Crippen LogP contribution in [0.5, 0.6) is 0 Å². The standard InChI is InChI=1S/C14H14N2O3/c17-14(18)13-7-12(19-16-13)8-15-11-5-9-3-1-2-4-10(9)6-11/h1-4,7,11,15H,5-6,8H2,(H,17,18). The fourth-order valence-corrected chi connectivity index (χ4v) is 2.45. The van der Waals surface area contributed by atoms with Crippen molar-refractivity contribution in [3.05, 3.63) is 52.9 Å². The molecule has 0 fully saturated rings. The quantitative estimate of drug-likeness (QED) is 0.871. The summed E-state index contributed by atoms with van der Waals surface area (Å²) >= 11 is 0. The first-order valence-corrected chi connectivity index (χ1v) is 6.21. The second-order valence-corrected chi connectivity index (χ2v) is 4.74. The highest BCUT2D eigenvalue weighted by Crippen LogP contribution is 2.21. The summed E-state index contributed by atoms with van der Waals surface area (Å²) in [5, 5.41) is 15.6. The average Bonchev–Trinajstić information content (AvgIpc) is 3.02. The summed E-state index contributed by atoms with van der Waals surface area (Å²) in [6.07, 6.45) is 1.99. The molecular formula is C14H14N2O3. The first kappa shape index (κ1) is 11.9. The van der Waals surface area contributed by atoms with Crippen molar-refractivity contribution in [3.63, 3.8) is 0 Å². The van der Waals surface area contributed by atoms with Gasteiger partial charge >= 0.3 is 5.97 Å². The topological polar surface area (TPSA) is 75.4 Å². The van der Waals surface area contributed by atoms with Crippen molar-refractivity contribution in [1.82, 2.24) is 10.5 Å². The van der Waals surface area contributed by atoms with Crippen molar-refractivity contribution in [3.8, 4) is 0 Å². The molecule has 0 bridgehead atoms. The molecule has 1 aliphatic carbocycles. The molecule has 1 aromatic carbocycles. The summed E-state index contributed by atoms with van der Waals surface area (Å²) in [5.74, 6) is -0.517. The maximum atomic E-state index is 10.7. The number of fused-ring (bicyclic) bond motifs is 1. The summed E-state index contributed by atoms with van der Waals surface area (Å²) in [6.45, 7) is 0.499. The van der Waals surface area contributed by atoms with E-state index in [0.29, 0.717) is 18.3 Å². The number of nitrogens with zero attached hydrogens (tertiary/aromatic N) is 1. The van der Waals surface area contributed by atoms with Crippen LogP contribution >= 0.6 is 0 Å². The second kappa shape index (κ2) is 4.85. The molecule has 2 aromatic rings. The van der Waals surface area contributed by atoms with Gasteiger partial charge in [0.1, 0.15) is 0 Å². The number of carbonyl (C=O) groups is 1. The third-order valence-corrected chi connectivity index (χ3v) is 3.39. The zero-order valence-corrected chi connectivity index (χ0v) is 10.3. The Morgan fingerprint density at radius 2 is 2.05 bits per heavy atom. The summed E-state index contributed by atoms with van der Waals surface area (Å²) in [6, 6.07) is 10.2. The number of carboxylic acid groups (broad SMARTS) is 1. The van der Waals surface area contributed by atoms with Crippen molar-refractivity contribution in [2.24, 2.45) is 0 Å².